The predicted octanol–water partition coefficient (Wildman–Crippen LogP) is 3.02. The molecule has 0 aliphatic heterocycles. The van der Waals surface area contributed by atoms with E-state index in [4.69, 9.17) is 0 Å². The molecule has 0 spiro atoms. The van der Waals surface area contributed by atoms with Crippen LogP contribution in [-0.2, 0) is 16.4 Å². The molecule has 2 N–H and O–H groups in total. The van der Waals surface area contributed by atoms with Crippen LogP contribution in [0.15, 0.2) is 51.8 Å². The summed E-state index contributed by atoms with van der Waals surface area (Å²) in [4.78, 5) is 7.82. The third-order valence-electron chi connectivity index (χ3n) is 3.42. The van der Waals surface area contributed by atoms with Gasteiger partial charge in [-0.1, -0.05) is 0 Å². The molecule has 0 aliphatic carbocycles. The van der Waals surface area contributed by atoms with Crippen molar-refractivity contribution in [1.29, 1.82) is 0 Å². The monoisotopic (exact) mass is 415 g/mol. The molecule has 0 unspecified atom stereocenters. The Morgan fingerprint density at radius 3 is 2.62 bits per heavy atom. The molecule has 10 heteroatoms. The Balaban J connectivity index is 0.00000243. The summed E-state index contributed by atoms with van der Waals surface area (Å²) in [5, 5.41) is 12.4. The van der Waals surface area contributed by atoms with Crippen LogP contribution < -0.4 is 5.32 Å². The highest BCUT2D eigenvalue weighted by molar-refractivity contribution is 7.93. The van der Waals surface area contributed by atoms with Gasteiger partial charge in [0.2, 0.25) is 21.7 Å². The van der Waals surface area contributed by atoms with Crippen LogP contribution in [0.1, 0.15) is 4.88 Å². The van der Waals surface area contributed by atoms with Gasteiger partial charge >= 0.3 is 0 Å². The molecule has 138 valence electrons. The molecule has 0 aliphatic rings. The SMILES string of the molecule is CNCc1cc(-c2cccnc2F)c(S(=O)(=O)c2ccnc(O)c2)s1.Cl. The maximum absolute atomic E-state index is 14.1. The molecule has 0 radical (unpaired) electrons. The van der Waals surface area contributed by atoms with E-state index in [1.165, 1.54) is 24.5 Å². The first kappa shape index (κ1) is 20.2. The van der Waals surface area contributed by atoms with Gasteiger partial charge in [0.15, 0.2) is 0 Å². The summed E-state index contributed by atoms with van der Waals surface area (Å²) in [5.41, 5.74) is 0.357. The van der Waals surface area contributed by atoms with Crippen molar-refractivity contribution in [2.45, 2.75) is 15.6 Å². The fourth-order valence-electron chi connectivity index (χ4n) is 2.33. The van der Waals surface area contributed by atoms with Gasteiger partial charge in [-0.3, -0.25) is 0 Å². The molecule has 6 nitrogen and oxygen atoms in total. The summed E-state index contributed by atoms with van der Waals surface area (Å²) in [7, 11) is -2.22. The van der Waals surface area contributed by atoms with Crippen molar-refractivity contribution in [2.24, 2.45) is 0 Å². The van der Waals surface area contributed by atoms with E-state index in [1.54, 1.807) is 19.2 Å². The second-order valence-corrected chi connectivity index (χ2v) is 8.42. The Kier molecular flexibility index (Phi) is 6.30. The number of rotatable bonds is 5. The number of aromatic hydroxyl groups is 1. The molecule has 3 heterocycles. The third-order valence-corrected chi connectivity index (χ3v) is 6.84. The Morgan fingerprint density at radius 2 is 1.96 bits per heavy atom. The fourth-order valence-corrected chi connectivity index (χ4v) is 5.46. The van der Waals surface area contributed by atoms with Crippen LogP contribution in [0.2, 0.25) is 0 Å². The number of thiophene rings is 1. The van der Waals surface area contributed by atoms with Crippen LogP contribution >= 0.6 is 23.7 Å². The lowest BCUT2D eigenvalue weighted by atomic mass is 10.1. The molecule has 0 saturated carbocycles. The van der Waals surface area contributed by atoms with Gasteiger partial charge in [-0.05, 0) is 31.3 Å². The highest BCUT2D eigenvalue weighted by Crippen LogP contribution is 2.39. The lowest BCUT2D eigenvalue weighted by Gasteiger charge is -2.06. The second kappa shape index (κ2) is 8.09. The molecule has 0 amide bonds. The summed E-state index contributed by atoms with van der Waals surface area (Å²) in [6.07, 6.45) is 2.50. The van der Waals surface area contributed by atoms with E-state index in [-0.39, 0.29) is 32.6 Å². The Morgan fingerprint density at radius 1 is 1.19 bits per heavy atom. The van der Waals surface area contributed by atoms with Gasteiger partial charge in [0, 0.05) is 41.0 Å². The van der Waals surface area contributed by atoms with Gasteiger partial charge in [-0.25, -0.2) is 18.4 Å². The molecule has 3 aromatic rings. The number of hydrogen-bond acceptors (Lipinski definition) is 7. The van der Waals surface area contributed by atoms with Crippen LogP contribution in [-0.4, -0.2) is 30.5 Å². The van der Waals surface area contributed by atoms with Gasteiger partial charge in [0.25, 0.3) is 0 Å². The van der Waals surface area contributed by atoms with Crippen molar-refractivity contribution in [3.8, 4) is 17.0 Å². The van der Waals surface area contributed by atoms with Crippen LogP contribution in [0.4, 0.5) is 4.39 Å². The summed E-state index contributed by atoms with van der Waals surface area (Å²) in [5.74, 6) is -1.15. The fraction of sp³-hybridized carbons (Fsp3) is 0.125. The molecule has 0 aromatic carbocycles. The highest BCUT2D eigenvalue weighted by Gasteiger charge is 2.27. The van der Waals surface area contributed by atoms with Crippen molar-refractivity contribution in [3.05, 3.63) is 53.6 Å². The zero-order chi connectivity index (χ0) is 18.0. The van der Waals surface area contributed by atoms with Crippen LogP contribution in [0.25, 0.3) is 11.1 Å². The van der Waals surface area contributed by atoms with E-state index in [9.17, 15) is 17.9 Å². The standard InChI is InChI=1S/C16H14FN3O3S2.ClH/c1-18-9-10-7-13(12-3-2-5-20-15(12)17)16(24-10)25(22,23)11-4-6-19-14(21)8-11;/h2-8,18H,9H2,1H3,(H,19,21);1H. The van der Waals surface area contributed by atoms with Crippen molar-refractivity contribution in [1.82, 2.24) is 15.3 Å². The molecular formula is C16H15ClFN3O3S2. The summed E-state index contributed by atoms with van der Waals surface area (Å²) in [6, 6.07) is 7.01. The molecular weight excluding hydrogens is 401 g/mol. The van der Waals surface area contributed by atoms with Crippen LogP contribution in [0.5, 0.6) is 5.88 Å². The molecule has 0 atom stereocenters. The molecule has 0 saturated heterocycles. The first-order valence-corrected chi connectivity index (χ1v) is 9.51. The quantitative estimate of drug-likeness (QED) is 0.622. The number of sulfone groups is 1. The highest BCUT2D eigenvalue weighted by atomic mass is 35.5. The van der Waals surface area contributed by atoms with E-state index in [1.807, 2.05) is 0 Å². The minimum Gasteiger partial charge on any atom is -0.493 e. The van der Waals surface area contributed by atoms with Gasteiger partial charge in [0.1, 0.15) is 4.21 Å². The maximum atomic E-state index is 14.1. The van der Waals surface area contributed by atoms with E-state index >= 15 is 0 Å². The average molecular weight is 416 g/mol. The lowest BCUT2D eigenvalue weighted by Crippen LogP contribution is -2.03. The number of aromatic nitrogens is 2. The number of pyridine rings is 2. The van der Waals surface area contributed by atoms with Crippen molar-refractivity contribution in [3.63, 3.8) is 0 Å². The van der Waals surface area contributed by atoms with Crippen molar-refractivity contribution in [2.75, 3.05) is 7.05 Å². The largest absolute Gasteiger partial charge is 0.493 e. The Labute approximate surface area is 160 Å². The van der Waals surface area contributed by atoms with Gasteiger partial charge in [-0.2, -0.15) is 4.39 Å². The normalized spacial score (nSPS) is 11.2. The number of nitrogens with one attached hydrogen (secondary N) is 1. The lowest BCUT2D eigenvalue weighted by molar-refractivity contribution is 0.451. The molecule has 0 bridgehead atoms. The van der Waals surface area contributed by atoms with E-state index in [0.717, 1.165) is 22.3 Å². The summed E-state index contributed by atoms with van der Waals surface area (Å²) < 4.78 is 40.2. The second-order valence-electron chi connectivity index (χ2n) is 5.14. The van der Waals surface area contributed by atoms with Crippen molar-refractivity contribution < 1.29 is 17.9 Å². The zero-order valence-electron chi connectivity index (χ0n) is 13.5. The molecule has 26 heavy (non-hydrogen) atoms. The molecule has 3 aromatic heterocycles. The topological polar surface area (TPSA) is 92.2 Å². The first-order chi connectivity index (χ1) is 11.9. The number of hydrogen-bond donors (Lipinski definition) is 2. The van der Waals surface area contributed by atoms with Crippen LogP contribution in [0.3, 0.4) is 0 Å². The minimum absolute atomic E-state index is 0. The van der Waals surface area contributed by atoms with E-state index in [0.29, 0.717) is 6.54 Å². The first-order valence-electron chi connectivity index (χ1n) is 7.22. The number of nitrogens with zero attached hydrogens (tertiary/aromatic N) is 2. The van der Waals surface area contributed by atoms with Gasteiger partial charge in [0.05, 0.1) is 4.90 Å². The Hall–Kier alpha value is -2.07. The predicted molar refractivity (Wildman–Crippen MR) is 98.9 cm³/mol. The Bertz CT molecular complexity index is 1030. The molecule has 3 rings (SSSR count). The zero-order valence-corrected chi connectivity index (χ0v) is 16.0. The van der Waals surface area contributed by atoms with Gasteiger partial charge in [-0.15, -0.1) is 23.7 Å². The van der Waals surface area contributed by atoms with E-state index < -0.39 is 21.7 Å². The number of halogens is 2. The van der Waals surface area contributed by atoms with Gasteiger partial charge < -0.3 is 10.4 Å². The van der Waals surface area contributed by atoms with Crippen LogP contribution in [0, 0.1) is 5.95 Å². The smallest absolute Gasteiger partial charge is 0.220 e. The summed E-state index contributed by atoms with van der Waals surface area (Å²) in [6.45, 7) is 0.441. The minimum atomic E-state index is -3.96. The van der Waals surface area contributed by atoms with E-state index in [2.05, 4.69) is 15.3 Å². The van der Waals surface area contributed by atoms with Crippen molar-refractivity contribution >= 4 is 33.6 Å². The average Bonchev–Trinajstić information content (AvgIpc) is 3.00. The summed E-state index contributed by atoms with van der Waals surface area (Å²) >= 11 is 1.05. The molecule has 0 fully saturated rings. The third kappa shape index (κ3) is 3.85. The maximum Gasteiger partial charge on any atom is 0.220 e.